The molecule has 16 heavy (non-hydrogen) atoms. The number of carboxylic acid groups (broad SMARTS) is 1. The fourth-order valence-electron chi connectivity index (χ4n) is 1.60. The predicted molar refractivity (Wildman–Crippen MR) is 53.8 cm³/mol. The van der Waals surface area contributed by atoms with Crippen LogP contribution in [-0.2, 0) is 9.53 Å². The Morgan fingerprint density at radius 2 is 2.25 bits per heavy atom. The highest BCUT2D eigenvalue weighted by Crippen LogP contribution is 2.20. The van der Waals surface area contributed by atoms with Crippen molar-refractivity contribution in [3.8, 4) is 0 Å². The number of likely N-dealkylation sites (tertiary alicyclic amines) is 1. The van der Waals surface area contributed by atoms with Gasteiger partial charge in [0.2, 0.25) is 0 Å². The second-order valence-electron chi connectivity index (χ2n) is 3.55. The number of hydrogen-bond acceptors (Lipinski definition) is 3. The molecular formula is C10H14FNO4. The summed E-state index contributed by atoms with van der Waals surface area (Å²) in [5.41, 5.74) is 0. The van der Waals surface area contributed by atoms with Crippen LogP contribution in [0.3, 0.4) is 0 Å². The zero-order chi connectivity index (χ0) is 12.1. The smallest absolute Gasteiger partial charge is 0.410 e. The van der Waals surface area contributed by atoms with Crippen LogP contribution in [0, 0.1) is 0 Å². The van der Waals surface area contributed by atoms with Crippen LogP contribution >= 0.6 is 0 Å². The van der Waals surface area contributed by atoms with E-state index in [9.17, 15) is 14.0 Å². The van der Waals surface area contributed by atoms with E-state index in [0.717, 1.165) is 4.90 Å². The van der Waals surface area contributed by atoms with Gasteiger partial charge in [-0.05, 0) is 12.8 Å². The number of alkyl halides is 1. The fourth-order valence-corrected chi connectivity index (χ4v) is 1.60. The zero-order valence-electron chi connectivity index (χ0n) is 8.76. The Morgan fingerprint density at radius 3 is 2.81 bits per heavy atom. The molecule has 1 heterocycles. The van der Waals surface area contributed by atoms with Crippen LogP contribution < -0.4 is 0 Å². The van der Waals surface area contributed by atoms with Gasteiger partial charge in [-0.15, -0.1) is 0 Å². The van der Waals surface area contributed by atoms with Gasteiger partial charge in [0.1, 0.15) is 18.8 Å². The Labute approximate surface area is 92.5 Å². The molecule has 2 atom stereocenters. The maximum absolute atomic E-state index is 13.1. The number of piperidine rings is 1. The standard InChI is InChI=1S/C10H14FNO4/c1-2-5-16-10(15)12-6-7(11)3-4-8(12)9(13)14/h2,7-8H,1,3-6H2,(H,13,14). The van der Waals surface area contributed by atoms with Crippen molar-refractivity contribution >= 4 is 12.1 Å². The summed E-state index contributed by atoms with van der Waals surface area (Å²) in [6.07, 6.45) is -0.367. The molecule has 5 nitrogen and oxygen atoms in total. The molecule has 0 radical (unpaired) electrons. The van der Waals surface area contributed by atoms with Crippen molar-refractivity contribution in [1.29, 1.82) is 0 Å². The second-order valence-corrected chi connectivity index (χ2v) is 3.55. The summed E-state index contributed by atoms with van der Waals surface area (Å²) in [6, 6.07) is -0.996. The van der Waals surface area contributed by atoms with Crippen LogP contribution in [0.5, 0.6) is 0 Å². The number of rotatable bonds is 3. The van der Waals surface area contributed by atoms with Crippen molar-refractivity contribution in [3.63, 3.8) is 0 Å². The van der Waals surface area contributed by atoms with Gasteiger partial charge in [-0.2, -0.15) is 0 Å². The normalized spacial score (nSPS) is 24.9. The Bertz CT molecular complexity index is 295. The first-order valence-electron chi connectivity index (χ1n) is 4.97. The van der Waals surface area contributed by atoms with E-state index in [0.29, 0.717) is 0 Å². The van der Waals surface area contributed by atoms with Crippen molar-refractivity contribution in [2.24, 2.45) is 0 Å². The minimum Gasteiger partial charge on any atom is -0.480 e. The van der Waals surface area contributed by atoms with E-state index in [1.165, 1.54) is 6.08 Å². The lowest BCUT2D eigenvalue weighted by atomic mass is 10.0. The molecule has 0 aromatic carbocycles. The lowest BCUT2D eigenvalue weighted by Gasteiger charge is -2.33. The fraction of sp³-hybridized carbons (Fsp3) is 0.600. The Kier molecular flexibility index (Phi) is 4.28. The lowest BCUT2D eigenvalue weighted by molar-refractivity contribution is -0.144. The predicted octanol–water partition coefficient (Wildman–Crippen LogP) is 1.20. The molecule has 90 valence electrons. The molecule has 1 aliphatic heterocycles. The molecule has 1 amide bonds. The average Bonchev–Trinajstić information content (AvgIpc) is 2.25. The molecule has 0 aromatic rings. The van der Waals surface area contributed by atoms with Gasteiger partial charge in [-0.3, -0.25) is 4.90 Å². The minimum absolute atomic E-state index is 0.0153. The van der Waals surface area contributed by atoms with Gasteiger partial charge in [0.15, 0.2) is 0 Å². The van der Waals surface area contributed by atoms with E-state index in [1.54, 1.807) is 0 Å². The Morgan fingerprint density at radius 1 is 1.56 bits per heavy atom. The van der Waals surface area contributed by atoms with Crippen molar-refractivity contribution in [3.05, 3.63) is 12.7 Å². The second kappa shape index (κ2) is 5.48. The number of hydrogen-bond donors (Lipinski definition) is 1. The van der Waals surface area contributed by atoms with Gasteiger partial charge in [-0.25, -0.2) is 14.0 Å². The molecule has 2 unspecified atom stereocenters. The lowest BCUT2D eigenvalue weighted by Crippen LogP contribution is -2.51. The monoisotopic (exact) mass is 231 g/mol. The number of halogens is 1. The van der Waals surface area contributed by atoms with Gasteiger partial charge in [0, 0.05) is 0 Å². The maximum Gasteiger partial charge on any atom is 0.410 e. The summed E-state index contributed by atoms with van der Waals surface area (Å²) in [5, 5.41) is 8.88. The summed E-state index contributed by atoms with van der Waals surface area (Å²) >= 11 is 0. The number of amides is 1. The Hall–Kier alpha value is -1.59. The summed E-state index contributed by atoms with van der Waals surface area (Å²) in [6.45, 7) is 3.12. The van der Waals surface area contributed by atoms with Crippen LogP contribution in [0.25, 0.3) is 0 Å². The number of carboxylic acids is 1. The summed E-state index contributed by atoms with van der Waals surface area (Å²) in [4.78, 5) is 23.2. The first-order valence-corrected chi connectivity index (χ1v) is 4.97. The number of carbonyl (C=O) groups is 2. The average molecular weight is 231 g/mol. The molecule has 1 saturated heterocycles. The molecule has 1 rings (SSSR count). The van der Waals surface area contributed by atoms with Gasteiger partial charge >= 0.3 is 12.1 Å². The molecule has 1 aliphatic rings. The molecule has 0 saturated carbocycles. The number of ether oxygens (including phenoxy) is 1. The van der Waals surface area contributed by atoms with Crippen LogP contribution in [-0.4, -0.2) is 47.4 Å². The van der Waals surface area contributed by atoms with Crippen LogP contribution in [0.4, 0.5) is 9.18 Å². The molecule has 1 fully saturated rings. The van der Waals surface area contributed by atoms with E-state index in [2.05, 4.69) is 6.58 Å². The van der Waals surface area contributed by atoms with Crippen molar-refractivity contribution in [2.75, 3.05) is 13.2 Å². The van der Waals surface area contributed by atoms with E-state index >= 15 is 0 Å². The van der Waals surface area contributed by atoms with Crippen molar-refractivity contribution < 1.29 is 23.8 Å². The maximum atomic E-state index is 13.1. The largest absolute Gasteiger partial charge is 0.480 e. The number of nitrogens with zero attached hydrogens (tertiary/aromatic N) is 1. The van der Waals surface area contributed by atoms with E-state index in [1.807, 2.05) is 0 Å². The molecule has 0 aliphatic carbocycles. The number of aliphatic carboxylic acids is 1. The molecule has 0 spiro atoms. The van der Waals surface area contributed by atoms with Gasteiger partial charge < -0.3 is 9.84 Å². The topological polar surface area (TPSA) is 66.8 Å². The third kappa shape index (κ3) is 2.95. The zero-order valence-corrected chi connectivity index (χ0v) is 8.76. The molecular weight excluding hydrogens is 217 g/mol. The Balaban J connectivity index is 2.66. The van der Waals surface area contributed by atoms with Crippen LogP contribution in [0.15, 0.2) is 12.7 Å². The summed E-state index contributed by atoms with van der Waals surface area (Å²) < 4.78 is 17.8. The molecule has 0 bridgehead atoms. The minimum atomic E-state index is -1.19. The highest BCUT2D eigenvalue weighted by molar-refractivity contribution is 5.80. The number of carbonyl (C=O) groups excluding carboxylic acids is 1. The molecule has 6 heteroatoms. The molecule has 1 N–H and O–H groups in total. The highest BCUT2D eigenvalue weighted by atomic mass is 19.1. The van der Waals surface area contributed by atoms with Gasteiger partial charge in [0.05, 0.1) is 6.54 Å². The SMILES string of the molecule is C=CCOC(=O)N1CC(F)CCC1C(=O)O. The third-order valence-electron chi connectivity index (χ3n) is 2.37. The van der Waals surface area contributed by atoms with Crippen LogP contribution in [0.1, 0.15) is 12.8 Å². The highest BCUT2D eigenvalue weighted by Gasteiger charge is 2.36. The molecule has 0 aromatic heterocycles. The van der Waals surface area contributed by atoms with Crippen LogP contribution in [0.2, 0.25) is 0 Å². The third-order valence-corrected chi connectivity index (χ3v) is 2.37. The van der Waals surface area contributed by atoms with E-state index in [-0.39, 0.29) is 26.0 Å². The van der Waals surface area contributed by atoms with Crippen molar-refractivity contribution in [1.82, 2.24) is 4.90 Å². The summed E-state index contributed by atoms with van der Waals surface area (Å²) in [5.74, 6) is -1.14. The summed E-state index contributed by atoms with van der Waals surface area (Å²) in [7, 11) is 0. The van der Waals surface area contributed by atoms with E-state index < -0.39 is 24.3 Å². The van der Waals surface area contributed by atoms with Gasteiger partial charge in [-0.1, -0.05) is 12.7 Å². The first kappa shape index (κ1) is 12.5. The van der Waals surface area contributed by atoms with Crippen molar-refractivity contribution in [2.45, 2.75) is 25.1 Å². The van der Waals surface area contributed by atoms with Gasteiger partial charge in [0.25, 0.3) is 0 Å². The quantitative estimate of drug-likeness (QED) is 0.741. The first-order chi connectivity index (χ1) is 7.56. The van der Waals surface area contributed by atoms with E-state index in [4.69, 9.17) is 9.84 Å².